The maximum Gasteiger partial charge on any atom is 0.261 e. The lowest BCUT2D eigenvalue weighted by Gasteiger charge is -2.22. The first kappa shape index (κ1) is 21.4. The van der Waals surface area contributed by atoms with E-state index in [-0.39, 0.29) is 16.4 Å². The summed E-state index contributed by atoms with van der Waals surface area (Å²) in [6.45, 7) is 5.11. The van der Waals surface area contributed by atoms with E-state index in [0.717, 1.165) is 22.0 Å². The Hall–Kier alpha value is -2.29. The fraction of sp³-hybridized carbons (Fsp3) is 0.333. The highest BCUT2D eigenvalue weighted by Crippen LogP contribution is 2.32. The van der Waals surface area contributed by atoms with Crippen molar-refractivity contribution in [1.82, 2.24) is 9.88 Å². The number of likely N-dealkylation sites (N-methyl/N-ethyl adjacent to an activating group) is 1. The minimum atomic E-state index is -3.54. The van der Waals surface area contributed by atoms with Gasteiger partial charge >= 0.3 is 0 Å². The molecule has 8 heteroatoms. The van der Waals surface area contributed by atoms with Gasteiger partial charge in [-0.2, -0.15) is 0 Å². The van der Waals surface area contributed by atoms with Crippen molar-refractivity contribution in [3.63, 3.8) is 0 Å². The second-order valence-corrected chi connectivity index (χ2v) is 10.4. The van der Waals surface area contributed by atoms with E-state index in [1.165, 1.54) is 23.0 Å². The number of hydrogen-bond acceptors (Lipinski definition) is 6. The third-order valence-electron chi connectivity index (χ3n) is 4.76. The van der Waals surface area contributed by atoms with Crippen LogP contribution in [-0.2, 0) is 9.84 Å². The highest BCUT2D eigenvalue weighted by molar-refractivity contribution is 7.90. The highest BCUT2D eigenvalue weighted by Gasteiger charge is 2.26. The Kier molecular flexibility index (Phi) is 6.07. The number of fused-ring (bicyclic) bond motifs is 1. The van der Waals surface area contributed by atoms with Gasteiger partial charge in [0.1, 0.15) is 0 Å². The molecule has 0 unspecified atom stereocenters. The van der Waals surface area contributed by atoms with E-state index in [2.05, 4.69) is 11.1 Å². The summed E-state index contributed by atoms with van der Waals surface area (Å²) >= 11 is 1.44. The summed E-state index contributed by atoms with van der Waals surface area (Å²) in [5.41, 5.74) is 3.32. The molecule has 0 atom stereocenters. The van der Waals surface area contributed by atoms with Gasteiger partial charge in [0, 0.05) is 19.3 Å². The SMILES string of the molecule is Cc1cc2nc(N(CCN(C)C)C(=O)c3ccccc3S(C)(=O)=O)sc2cc1C. The number of anilines is 1. The number of carbonyl (C=O) groups is 1. The van der Waals surface area contributed by atoms with Crippen LogP contribution in [0, 0.1) is 13.8 Å². The van der Waals surface area contributed by atoms with Crippen molar-refractivity contribution in [1.29, 1.82) is 0 Å². The number of benzene rings is 2. The van der Waals surface area contributed by atoms with Crippen LogP contribution < -0.4 is 4.90 Å². The van der Waals surface area contributed by atoms with Gasteiger partial charge in [-0.3, -0.25) is 9.69 Å². The fourth-order valence-corrected chi connectivity index (χ4v) is 4.93. The monoisotopic (exact) mass is 431 g/mol. The van der Waals surface area contributed by atoms with Gasteiger partial charge in [-0.05, 0) is 63.3 Å². The number of nitrogens with zero attached hydrogens (tertiary/aromatic N) is 3. The van der Waals surface area contributed by atoms with Crippen LogP contribution in [0.15, 0.2) is 41.3 Å². The van der Waals surface area contributed by atoms with Crippen LogP contribution in [0.3, 0.4) is 0 Å². The Bertz CT molecular complexity index is 1130. The van der Waals surface area contributed by atoms with Gasteiger partial charge in [-0.25, -0.2) is 13.4 Å². The molecule has 0 N–H and O–H groups in total. The van der Waals surface area contributed by atoms with Gasteiger partial charge in [0.2, 0.25) is 0 Å². The Morgan fingerprint density at radius 3 is 2.38 bits per heavy atom. The molecular formula is C21H25N3O3S2. The number of sulfone groups is 1. The number of aryl methyl sites for hydroxylation is 2. The quantitative estimate of drug-likeness (QED) is 0.597. The Morgan fingerprint density at radius 2 is 1.72 bits per heavy atom. The summed E-state index contributed by atoms with van der Waals surface area (Å²) in [4.78, 5) is 21.7. The van der Waals surface area contributed by atoms with Gasteiger partial charge in [-0.1, -0.05) is 23.5 Å². The predicted molar refractivity (Wildman–Crippen MR) is 119 cm³/mol. The second-order valence-electron chi connectivity index (χ2n) is 7.43. The molecule has 0 aliphatic rings. The van der Waals surface area contributed by atoms with Crippen LogP contribution in [0.4, 0.5) is 5.13 Å². The summed E-state index contributed by atoms with van der Waals surface area (Å²) in [6.07, 6.45) is 1.12. The number of rotatable bonds is 6. The molecule has 1 heterocycles. The Labute approximate surface area is 175 Å². The summed E-state index contributed by atoms with van der Waals surface area (Å²) < 4.78 is 25.4. The number of amides is 1. The number of aromatic nitrogens is 1. The molecule has 0 saturated heterocycles. The first-order chi connectivity index (χ1) is 13.6. The van der Waals surface area contributed by atoms with E-state index in [9.17, 15) is 13.2 Å². The van der Waals surface area contributed by atoms with Crippen LogP contribution in [0.1, 0.15) is 21.5 Å². The molecule has 3 aromatic rings. The van der Waals surface area contributed by atoms with Gasteiger partial charge in [-0.15, -0.1) is 0 Å². The molecule has 0 radical (unpaired) electrons. The lowest BCUT2D eigenvalue weighted by Crippen LogP contribution is -2.37. The van der Waals surface area contributed by atoms with Crippen LogP contribution >= 0.6 is 11.3 Å². The van der Waals surface area contributed by atoms with Crippen molar-refractivity contribution in [2.24, 2.45) is 0 Å². The summed E-state index contributed by atoms with van der Waals surface area (Å²) in [7, 11) is 0.321. The van der Waals surface area contributed by atoms with Gasteiger partial charge < -0.3 is 4.90 Å². The van der Waals surface area contributed by atoms with Crippen molar-refractivity contribution in [2.45, 2.75) is 18.7 Å². The highest BCUT2D eigenvalue weighted by atomic mass is 32.2. The largest absolute Gasteiger partial charge is 0.308 e. The predicted octanol–water partition coefficient (Wildman–Crippen LogP) is 3.53. The molecule has 1 amide bonds. The van der Waals surface area contributed by atoms with Crippen molar-refractivity contribution in [3.8, 4) is 0 Å². The van der Waals surface area contributed by atoms with Crippen LogP contribution in [0.25, 0.3) is 10.2 Å². The average Bonchev–Trinajstić information content (AvgIpc) is 3.03. The minimum Gasteiger partial charge on any atom is -0.308 e. The molecule has 0 fully saturated rings. The van der Waals surface area contributed by atoms with Gasteiger partial charge in [0.15, 0.2) is 15.0 Å². The maximum absolute atomic E-state index is 13.4. The van der Waals surface area contributed by atoms with Crippen molar-refractivity contribution in [2.75, 3.05) is 38.3 Å². The normalized spacial score (nSPS) is 11.9. The van der Waals surface area contributed by atoms with Crippen molar-refractivity contribution < 1.29 is 13.2 Å². The van der Waals surface area contributed by atoms with E-state index in [4.69, 9.17) is 0 Å². The molecule has 6 nitrogen and oxygen atoms in total. The van der Waals surface area contributed by atoms with Crippen molar-refractivity contribution in [3.05, 3.63) is 53.1 Å². The van der Waals surface area contributed by atoms with E-state index in [1.807, 2.05) is 38.9 Å². The first-order valence-corrected chi connectivity index (χ1v) is 11.9. The molecular weight excluding hydrogens is 406 g/mol. The zero-order valence-electron chi connectivity index (χ0n) is 17.3. The maximum atomic E-state index is 13.4. The molecule has 0 spiro atoms. The zero-order valence-corrected chi connectivity index (χ0v) is 18.9. The van der Waals surface area contributed by atoms with E-state index < -0.39 is 9.84 Å². The average molecular weight is 432 g/mol. The second kappa shape index (κ2) is 8.22. The van der Waals surface area contributed by atoms with Gasteiger partial charge in [0.05, 0.1) is 20.7 Å². The zero-order chi connectivity index (χ0) is 21.3. The third-order valence-corrected chi connectivity index (χ3v) is 6.95. The Balaban J connectivity index is 2.10. The van der Waals surface area contributed by atoms with Crippen LogP contribution in [0.5, 0.6) is 0 Å². The number of carbonyl (C=O) groups excluding carboxylic acids is 1. The molecule has 0 aliphatic heterocycles. The van der Waals surface area contributed by atoms with Crippen molar-refractivity contribution >= 4 is 42.4 Å². The molecule has 2 aromatic carbocycles. The van der Waals surface area contributed by atoms with E-state index in [1.54, 1.807) is 23.1 Å². The number of thiazole rings is 1. The molecule has 154 valence electrons. The van der Waals surface area contributed by atoms with E-state index >= 15 is 0 Å². The third kappa shape index (κ3) is 4.66. The van der Waals surface area contributed by atoms with Crippen LogP contribution in [0.2, 0.25) is 0 Å². The minimum absolute atomic E-state index is 0.0349. The topological polar surface area (TPSA) is 70.6 Å². The number of hydrogen-bond donors (Lipinski definition) is 0. The standard InChI is InChI=1S/C21H25N3O3S2/c1-14-12-17-18(13-15(14)2)28-21(22-17)24(11-10-23(3)4)20(25)16-8-6-7-9-19(16)29(5,26)27/h6-9,12-13H,10-11H2,1-5H3. The van der Waals surface area contributed by atoms with E-state index in [0.29, 0.717) is 18.2 Å². The lowest BCUT2D eigenvalue weighted by atomic mass is 10.1. The molecule has 1 aromatic heterocycles. The lowest BCUT2D eigenvalue weighted by molar-refractivity contribution is 0.0982. The summed E-state index contributed by atoms with van der Waals surface area (Å²) in [5, 5.41) is 0.570. The fourth-order valence-electron chi connectivity index (χ4n) is 2.98. The molecule has 0 aliphatic carbocycles. The molecule has 3 rings (SSSR count). The van der Waals surface area contributed by atoms with Crippen LogP contribution in [-0.4, -0.2) is 57.6 Å². The first-order valence-electron chi connectivity index (χ1n) is 9.21. The smallest absolute Gasteiger partial charge is 0.261 e. The van der Waals surface area contributed by atoms with Gasteiger partial charge in [0.25, 0.3) is 5.91 Å². The summed E-state index contributed by atoms with van der Waals surface area (Å²) in [6, 6.07) is 10.4. The summed E-state index contributed by atoms with van der Waals surface area (Å²) in [5.74, 6) is -0.361. The Morgan fingerprint density at radius 1 is 1.07 bits per heavy atom. The molecule has 0 bridgehead atoms. The molecule has 29 heavy (non-hydrogen) atoms. The molecule has 0 saturated carbocycles.